The molecule has 0 heterocycles. The number of aliphatic hydroxyl groups excluding tert-OH is 1. The van der Waals surface area contributed by atoms with E-state index in [4.69, 9.17) is 5.11 Å². The van der Waals surface area contributed by atoms with Crippen LogP contribution in [0.15, 0.2) is 12.2 Å². The van der Waals surface area contributed by atoms with E-state index in [2.05, 4.69) is 6.92 Å². The van der Waals surface area contributed by atoms with Crippen LogP contribution in [-0.4, -0.2) is 38.8 Å². The number of carbonyl (C=O) groups excluding carboxylic acids is 1. The van der Waals surface area contributed by atoms with Crippen molar-refractivity contribution in [2.75, 3.05) is 0 Å². The van der Waals surface area contributed by atoms with Crippen LogP contribution in [-0.2, 0) is 9.59 Å². The van der Waals surface area contributed by atoms with Crippen LogP contribution >= 0.6 is 0 Å². The van der Waals surface area contributed by atoms with Crippen molar-refractivity contribution in [3.05, 3.63) is 12.2 Å². The number of hydrogen-bond donors (Lipinski definition) is 3. The quantitative estimate of drug-likeness (QED) is 0.354. The van der Waals surface area contributed by atoms with Gasteiger partial charge in [0.2, 0.25) is 0 Å². The molecule has 154 valence electrons. The minimum atomic E-state index is -0.900. The third-order valence-electron chi connectivity index (χ3n) is 6.28. The van der Waals surface area contributed by atoms with E-state index in [0.29, 0.717) is 12.3 Å². The summed E-state index contributed by atoms with van der Waals surface area (Å²) in [6.07, 6.45) is 11.2. The summed E-state index contributed by atoms with van der Waals surface area (Å²) in [6, 6.07) is 0. The minimum Gasteiger partial charge on any atom is -0.481 e. The molecule has 2 rings (SSSR count). The molecule has 0 aliphatic heterocycles. The van der Waals surface area contributed by atoms with E-state index in [-0.39, 0.29) is 30.0 Å². The lowest BCUT2D eigenvalue weighted by molar-refractivity contribution is -0.138. The van der Waals surface area contributed by atoms with Crippen molar-refractivity contribution in [1.29, 1.82) is 0 Å². The molecule has 0 aromatic rings. The Labute approximate surface area is 162 Å². The number of carboxylic acid groups (broad SMARTS) is 1. The van der Waals surface area contributed by atoms with Gasteiger partial charge in [0.05, 0.1) is 17.6 Å². The van der Waals surface area contributed by atoms with Crippen molar-refractivity contribution < 1.29 is 24.9 Å². The molecule has 3 N–H and O–H groups in total. The van der Waals surface area contributed by atoms with Gasteiger partial charge < -0.3 is 15.3 Å². The lowest BCUT2D eigenvalue weighted by Gasteiger charge is -2.22. The molecule has 6 atom stereocenters. The van der Waals surface area contributed by atoms with Crippen LogP contribution in [0.5, 0.6) is 0 Å². The van der Waals surface area contributed by atoms with Gasteiger partial charge in [0, 0.05) is 18.3 Å². The maximum atomic E-state index is 12.3. The highest BCUT2D eigenvalue weighted by Gasteiger charge is 2.43. The topological polar surface area (TPSA) is 94.8 Å². The van der Waals surface area contributed by atoms with Crippen LogP contribution in [0, 0.1) is 23.7 Å². The Balaban J connectivity index is 1.80. The molecular formula is C22H36O5. The number of unbranched alkanes of at least 4 members (excludes halogenated alkanes) is 3. The third kappa shape index (κ3) is 6.72. The van der Waals surface area contributed by atoms with Gasteiger partial charge in [-0.2, -0.15) is 0 Å². The standard InChI is InChI=1S/C22H36O5/c1-3-4-7-11-22(2,27)12-10-17-16(19(23)14-20(17)24)9-6-5-8-15-13-18(15)21(25)26/h10,12,15-18,20,24,27H,3-9,11,13-14H2,1-2H3,(H,25,26)/t15-,16-,17-,18-,20-,22+/m1/s1. The highest BCUT2D eigenvalue weighted by molar-refractivity contribution is 5.84. The predicted molar refractivity (Wildman–Crippen MR) is 104 cm³/mol. The van der Waals surface area contributed by atoms with Crippen LogP contribution in [0.2, 0.25) is 0 Å². The third-order valence-corrected chi connectivity index (χ3v) is 6.28. The molecule has 0 aromatic heterocycles. The zero-order valence-corrected chi connectivity index (χ0v) is 16.8. The Bertz CT molecular complexity index is 539. The van der Waals surface area contributed by atoms with E-state index >= 15 is 0 Å². The molecule has 0 spiro atoms. The number of hydrogen-bond acceptors (Lipinski definition) is 4. The summed E-state index contributed by atoms with van der Waals surface area (Å²) in [5.41, 5.74) is -0.900. The molecule has 2 saturated carbocycles. The molecule has 0 unspecified atom stereocenters. The summed E-state index contributed by atoms with van der Waals surface area (Å²) >= 11 is 0. The van der Waals surface area contributed by atoms with Gasteiger partial charge in [-0.3, -0.25) is 9.59 Å². The lowest BCUT2D eigenvalue weighted by atomic mass is 9.87. The van der Waals surface area contributed by atoms with Crippen molar-refractivity contribution in [3.63, 3.8) is 0 Å². The van der Waals surface area contributed by atoms with Gasteiger partial charge in [0.15, 0.2) is 0 Å². The van der Waals surface area contributed by atoms with Crippen molar-refractivity contribution >= 4 is 11.8 Å². The first-order chi connectivity index (χ1) is 12.7. The molecule has 0 radical (unpaired) electrons. The van der Waals surface area contributed by atoms with E-state index in [0.717, 1.165) is 51.4 Å². The molecule has 5 nitrogen and oxygen atoms in total. The van der Waals surface area contributed by atoms with E-state index in [1.54, 1.807) is 13.0 Å². The molecule has 0 aromatic carbocycles. The number of aliphatic carboxylic acids is 1. The van der Waals surface area contributed by atoms with E-state index in [1.165, 1.54) is 0 Å². The lowest BCUT2D eigenvalue weighted by Crippen LogP contribution is -2.23. The molecule has 5 heteroatoms. The van der Waals surface area contributed by atoms with Gasteiger partial charge in [-0.05, 0) is 38.5 Å². The molecule has 0 saturated heterocycles. The fourth-order valence-electron chi connectivity index (χ4n) is 4.37. The predicted octanol–water partition coefficient (Wildman–Crippen LogP) is 3.72. The van der Waals surface area contributed by atoms with Crippen molar-refractivity contribution in [1.82, 2.24) is 0 Å². The van der Waals surface area contributed by atoms with Gasteiger partial charge in [-0.25, -0.2) is 0 Å². The van der Waals surface area contributed by atoms with Gasteiger partial charge in [0.1, 0.15) is 5.78 Å². The van der Waals surface area contributed by atoms with Crippen LogP contribution in [0.3, 0.4) is 0 Å². The summed E-state index contributed by atoms with van der Waals surface area (Å²) < 4.78 is 0. The monoisotopic (exact) mass is 380 g/mol. The second-order valence-corrected chi connectivity index (χ2v) is 8.82. The summed E-state index contributed by atoms with van der Waals surface area (Å²) in [6.45, 7) is 3.91. The SMILES string of the molecule is CCCCC[C@](C)(O)C=C[C@H]1[C@H](O)CC(=O)[C@@H]1CCCC[C@@H]1C[C@H]1C(=O)O. The van der Waals surface area contributed by atoms with Gasteiger partial charge >= 0.3 is 5.97 Å². The number of ketones is 1. The Morgan fingerprint density at radius 1 is 1.22 bits per heavy atom. The average molecular weight is 381 g/mol. The zero-order valence-electron chi connectivity index (χ0n) is 16.8. The molecule has 2 fully saturated rings. The Hall–Kier alpha value is -1.20. The summed E-state index contributed by atoms with van der Waals surface area (Å²) in [5, 5.41) is 29.7. The molecule has 27 heavy (non-hydrogen) atoms. The maximum Gasteiger partial charge on any atom is 0.306 e. The maximum absolute atomic E-state index is 12.3. The van der Waals surface area contributed by atoms with E-state index in [9.17, 15) is 19.8 Å². The first-order valence-corrected chi connectivity index (χ1v) is 10.6. The highest BCUT2D eigenvalue weighted by atomic mass is 16.4. The van der Waals surface area contributed by atoms with Gasteiger partial charge in [0.25, 0.3) is 0 Å². The number of aliphatic hydroxyl groups is 2. The molecule has 0 amide bonds. The molecule has 0 bridgehead atoms. The Morgan fingerprint density at radius 3 is 2.56 bits per heavy atom. The first-order valence-electron chi connectivity index (χ1n) is 10.6. The average Bonchev–Trinajstić information content (AvgIpc) is 3.31. The van der Waals surface area contributed by atoms with Crippen molar-refractivity contribution in [2.45, 2.75) is 89.8 Å². The molecule has 2 aliphatic carbocycles. The fraction of sp³-hybridized carbons (Fsp3) is 0.818. The fourth-order valence-corrected chi connectivity index (χ4v) is 4.37. The summed E-state index contributed by atoms with van der Waals surface area (Å²) in [7, 11) is 0. The number of carbonyl (C=O) groups is 2. The van der Waals surface area contributed by atoms with Crippen LogP contribution in [0.1, 0.15) is 78.1 Å². The Morgan fingerprint density at radius 2 is 1.93 bits per heavy atom. The van der Waals surface area contributed by atoms with E-state index in [1.807, 2.05) is 6.08 Å². The highest BCUT2D eigenvalue weighted by Crippen LogP contribution is 2.43. The Kier molecular flexibility index (Phi) is 8.04. The minimum absolute atomic E-state index is 0.109. The van der Waals surface area contributed by atoms with Gasteiger partial charge in [-0.15, -0.1) is 0 Å². The smallest absolute Gasteiger partial charge is 0.306 e. The molecule has 2 aliphatic rings. The van der Waals surface area contributed by atoms with Gasteiger partial charge in [-0.1, -0.05) is 51.2 Å². The van der Waals surface area contributed by atoms with Crippen LogP contribution in [0.25, 0.3) is 0 Å². The second kappa shape index (κ2) is 9.83. The van der Waals surface area contributed by atoms with Crippen LogP contribution in [0.4, 0.5) is 0 Å². The number of Topliss-reactive ketones (excluding diaryl/α,β-unsaturated/α-hetero) is 1. The van der Waals surface area contributed by atoms with E-state index < -0.39 is 17.7 Å². The second-order valence-electron chi connectivity index (χ2n) is 8.82. The summed E-state index contributed by atoms with van der Waals surface area (Å²) in [4.78, 5) is 23.1. The van der Waals surface area contributed by atoms with Crippen molar-refractivity contribution in [3.8, 4) is 0 Å². The van der Waals surface area contributed by atoms with Crippen molar-refractivity contribution in [2.24, 2.45) is 23.7 Å². The zero-order chi connectivity index (χ0) is 20.0. The molecular weight excluding hydrogens is 344 g/mol. The number of carboxylic acids is 1. The largest absolute Gasteiger partial charge is 0.481 e. The normalized spacial score (nSPS) is 32.7. The first kappa shape index (κ1) is 22.1. The van der Waals surface area contributed by atoms with Crippen LogP contribution < -0.4 is 0 Å². The summed E-state index contributed by atoms with van der Waals surface area (Å²) in [5.74, 6) is -0.838. The number of rotatable bonds is 12.